The number of nitrogens with one attached hydrogen (secondary N) is 1. The number of hydrogen-bond donors (Lipinski definition) is 1. The Morgan fingerprint density at radius 1 is 0.857 bits per heavy atom. The van der Waals surface area contributed by atoms with Crippen LogP contribution in [-0.2, 0) is 11.3 Å². The second-order valence-electron chi connectivity index (χ2n) is 9.97. The van der Waals surface area contributed by atoms with Crippen LogP contribution in [0.2, 0.25) is 10.0 Å². The van der Waals surface area contributed by atoms with Crippen molar-refractivity contribution in [2.24, 2.45) is 0 Å². The third-order valence-corrected chi connectivity index (χ3v) is 7.57. The monoisotopic (exact) mass is 609 g/mol. The van der Waals surface area contributed by atoms with Gasteiger partial charge in [-0.05, 0) is 47.5 Å². The summed E-state index contributed by atoms with van der Waals surface area (Å²) in [4.78, 5) is 25.0. The molecule has 1 N–H and O–H groups in total. The largest absolute Gasteiger partial charge is 0.428 e. The molecular formula is C28H29Cl2N9O3. The number of tetrazole rings is 1. The number of ether oxygens (including phenoxy) is 2. The molecule has 2 fully saturated rings. The number of carbonyl (C=O) groups excluding carboxylic acids is 1. The third kappa shape index (κ3) is 6.62. The number of halogens is 2. The van der Waals surface area contributed by atoms with Gasteiger partial charge in [0.25, 0.3) is 0 Å². The first-order valence-electron chi connectivity index (χ1n) is 13.8. The van der Waals surface area contributed by atoms with E-state index in [2.05, 4.69) is 21.0 Å². The van der Waals surface area contributed by atoms with Crippen molar-refractivity contribution < 1.29 is 14.3 Å². The molecule has 42 heavy (non-hydrogen) atoms. The molecule has 4 aromatic rings. The molecule has 2 aromatic carbocycles. The Balaban J connectivity index is 1.42. The number of nitrogens with zero attached hydrogens (tertiary/aromatic N) is 8. The van der Waals surface area contributed by atoms with Gasteiger partial charge in [0.2, 0.25) is 11.8 Å². The van der Waals surface area contributed by atoms with E-state index in [9.17, 15) is 4.79 Å². The number of hydrogen-bond acceptors (Lipinski definition) is 10. The van der Waals surface area contributed by atoms with E-state index in [1.807, 2.05) is 34.2 Å². The summed E-state index contributed by atoms with van der Waals surface area (Å²) in [5.74, 6) is 0.620. The molecule has 0 unspecified atom stereocenters. The average Bonchev–Trinajstić information content (AvgIpc) is 3.48. The van der Waals surface area contributed by atoms with E-state index >= 15 is 0 Å². The van der Waals surface area contributed by atoms with Gasteiger partial charge in [-0.2, -0.15) is 0 Å². The van der Waals surface area contributed by atoms with E-state index in [0.717, 1.165) is 43.5 Å². The quantitative estimate of drug-likeness (QED) is 0.321. The maximum atomic E-state index is 13.1. The number of carbonyl (C=O) groups is 1. The van der Waals surface area contributed by atoms with E-state index < -0.39 is 6.09 Å². The predicted molar refractivity (Wildman–Crippen MR) is 157 cm³/mol. The molecule has 0 radical (unpaired) electrons. The minimum atomic E-state index is -0.640. The van der Waals surface area contributed by atoms with Gasteiger partial charge in [0.05, 0.1) is 25.5 Å². The maximum Gasteiger partial charge on any atom is 0.428 e. The van der Waals surface area contributed by atoms with Gasteiger partial charge < -0.3 is 14.4 Å². The van der Waals surface area contributed by atoms with Crippen molar-refractivity contribution in [3.8, 4) is 28.4 Å². The zero-order valence-corrected chi connectivity index (χ0v) is 24.3. The number of benzene rings is 2. The number of aromatic nitrogens is 6. The van der Waals surface area contributed by atoms with E-state index in [1.165, 1.54) is 0 Å². The molecule has 0 atom stereocenters. The van der Waals surface area contributed by atoms with Crippen molar-refractivity contribution in [1.82, 2.24) is 40.6 Å². The normalized spacial score (nSPS) is 15.9. The van der Waals surface area contributed by atoms with Crippen molar-refractivity contribution >= 4 is 35.2 Å². The van der Waals surface area contributed by atoms with Gasteiger partial charge in [-0.15, -0.1) is 0 Å². The minimum absolute atomic E-state index is 0.0515. The summed E-state index contributed by atoms with van der Waals surface area (Å²) < 4.78 is 13.0. The lowest BCUT2D eigenvalue weighted by Crippen LogP contribution is -2.46. The molecule has 0 saturated carbocycles. The summed E-state index contributed by atoms with van der Waals surface area (Å²) >= 11 is 12.4. The molecule has 0 aliphatic carbocycles. The minimum Gasteiger partial charge on any atom is -0.388 e. The van der Waals surface area contributed by atoms with E-state index in [1.54, 1.807) is 28.9 Å². The fourth-order valence-electron chi connectivity index (χ4n) is 4.94. The Labute approximate surface area is 252 Å². The first-order valence-corrected chi connectivity index (χ1v) is 14.5. The SMILES string of the molecule is O=C(NN1CCCCC1)Oc1nc(-c2ccc(Cl)cc2)c(-c2ccc(Cl)cc2)nc1Cn1nnnc1N1CCOCC1. The second kappa shape index (κ2) is 13.0. The Morgan fingerprint density at radius 2 is 1.48 bits per heavy atom. The first-order chi connectivity index (χ1) is 20.5. The van der Waals surface area contributed by atoms with Gasteiger partial charge in [-0.3, -0.25) is 5.43 Å². The first kappa shape index (κ1) is 28.3. The number of piperidine rings is 1. The molecule has 6 rings (SSSR count). The van der Waals surface area contributed by atoms with Gasteiger partial charge in [0.1, 0.15) is 11.4 Å². The van der Waals surface area contributed by atoms with Gasteiger partial charge >= 0.3 is 6.09 Å². The molecular weight excluding hydrogens is 581 g/mol. The molecule has 4 heterocycles. The third-order valence-electron chi connectivity index (χ3n) is 7.07. The highest BCUT2D eigenvalue weighted by molar-refractivity contribution is 6.31. The molecule has 218 valence electrons. The summed E-state index contributed by atoms with van der Waals surface area (Å²) in [6.45, 7) is 4.08. The number of hydrazine groups is 1. The van der Waals surface area contributed by atoms with Crippen molar-refractivity contribution in [2.75, 3.05) is 44.3 Å². The predicted octanol–water partition coefficient (Wildman–Crippen LogP) is 4.48. The smallest absolute Gasteiger partial charge is 0.388 e. The molecule has 2 saturated heterocycles. The number of morpholine rings is 1. The summed E-state index contributed by atoms with van der Waals surface area (Å²) in [7, 11) is 0. The highest BCUT2D eigenvalue weighted by Gasteiger charge is 2.25. The standard InChI is InChI=1S/C28H29Cl2N9O3/c29-21-8-4-19(5-9-21)24-25(20-6-10-22(30)11-7-20)32-26(42-28(40)34-38-12-2-1-3-13-38)23(31-24)18-39-27(33-35-36-39)37-14-16-41-17-15-37/h4-11H,1-3,12-18H2,(H,34,40). The van der Waals surface area contributed by atoms with Crippen LogP contribution in [-0.4, -0.2) is 80.7 Å². The van der Waals surface area contributed by atoms with Crippen LogP contribution >= 0.6 is 23.2 Å². The van der Waals surface area contributed by atoms with E-state index in [0.29, 0.717) is 59.4 Å². The van der Waals surface area contributed by atoms with Crippen molar-refractivity contribution in [2.45, 2.75) is 25.8 Å². The van der Waals surface area contributed by atoms with E-state index in [-0.39, 0.29) is 12.4 Å². The van der Waals surface area contributed by atoms with Crippen LogP contribution in [0.25, 0.3) is 22.5 Å². The fourth-order valence-corrected chi connectivity index (χ4v) is 5.19. The molecule has 14 heteroatoms. The van der Waals surface area contributed by atoms with Crippen LogP contribution in [0.4, 0.5) is 10.7 Å². The molecule has 2 aliphatic heterocycles. The average molecular weight is 611 g/mol. The van der Waals surface area contributed by atoms with Crippen molar-refractivity contribution in [3.63, 3.8) is 0 Å². The molecule has 0 bridgehead atoms. The number of rotatable bonds is 7. The van der Waals surface area contributed by atoms with Crippen LogP contribution in [0.1, 0.15) is 25.0 Å². The van der Waals surface area contributed by atoms with Gasteiger partial charge in [-0.1, -0.05) is 59.0 Å². The van der Waals surface area contributed by atoms with Gasteiger partial charge in [0.15, 0.2) is 0 Å². The number of amides is 1. The summed E-state index contributed by atoms with van der Waals surface area (Å²) in [5, 5.41) is 15.4. The van der Waals surface area contributed by atoms with Crippen molar-refractivity contribution in [3.05, 3.63) is 64.3 Å². The zero-order valence-electron chi connectivity index (χ0n) is 22.7. The molecule has 0 spiro atoms. The lowest BCUT2D eigenvalue weighted by atomic mass is 10.0. The Bertz CT molecular complexity index is 1520. The molecule has 2 aromatic heterocycles. The Kier molecular flexibility index (Phi) is 8.75. The summed E-state index contributed by atoms with van der Waals surface area (Å²) in [6.07, 6.45) is 2.51. The van der Waals surface area contributed by atoms with Gasteiger partial charge in [0, 0.05) is 47.4 Å². The fraction of sp³-hybridized carbons (Fsp3) is 0.357. The van der Waals surface area contributed by atoms with Crippen molar-refractivity contribution in [1.29, 1.82) is 0 Å². The van der Waals surface area contributed by atoms with Crippen LogP contribution < -0.4 is 15.1 Å². The zero-order chi connectivity index (χ0) is 28.9. The van der Waals surface area contributed by atoms with Crippen LogP contribution in [0.15, 0.2) is 48.5 Å². The lowest BCUT2D eigenvalue weighted by molar-refractivity contribution is 0.121. The lowest BCUT2D eigenvalue weighted by Gasteiger charge is -2.27. The maximum absolute atomic E-state index is 13.1. The molecule has 2 aliphatic rings. The number of anilines is 1. The Morgan fingerprint density at radius 3 is 2.12 bits per heavy atom. The molecule has 12 nitrogen and oxygen atoms in total. The van der Waals surface area contributed by atoms with E-state index in [4.69, 9.17) is 42.6 Å². The van der Waals surface area contributed by atoms with Gasteiger partial charge in [-0.25, -0.2) is 24.5 Å². The highest BCUT2D eigenvalue weighted by Crippen LogP contribution is 2.34. The topological polar surface area (TPSA) is 123 Å². The van der Waals surface area contributed by atoms with Crippen LogP contribution in [0.5, 0.6) is 5.88 Å². The summed E-state index contributed by atoms with van der Waals surface area (Å²) in [5.41, 5.74) is 5.85. The Hall–Kier alpha value is -3.84. The second-order valence-corrected chi connectivity index (χ2v) is 10.8. The van der Waals surface area contributed by atoms with Crippen LogP contribution in [0, 0.1) is 0 Å². The summed E-state index contributed by atoms with van der Waals surface area (Å²) in [6, 6.07) is 14.6. The molecule has 1 amide bonds. The highest BCUT2D eigenvalue weighted by atomic mass is 35.5. The van der Waals surface area contributed by atoms with Crippen LogP contribution in [0.3, 0.4) is 0 Å².